The van der Waals surface area contributed by atoms with Crippen molar-refractivity contribution in [2.45, 2.75) is 18.3 Å². The van der Waals surface area contributed by atoms with E-state index in [0.29, 0.717) is 0 Å². The van der Waals surface area contributed by atoms with Gasteiger partial charge in [-0.25, -0.2) is 74.5 Å². The number of rotatable bonds is 14. The number of hydrazine groups is 5. The quantitative estimate of drug-likeness (QED) is 0.0748. The number of nitro groups is 5. The Morgan fingerprint density at radius 2 is 0.725 bits per heavy atom. The highest BCUT2D eigenvalue weighted by atomic mass is 16.7. The second kappa shape index (κ2) is 16.2. The van der Waals surface area contributed by atoms with Gasteiger partial charge < -0.3 is 23.7 Å². The zero-order chi connectivity index (χ0) is 31.0. The summed E-state index contributed by atoms with van der Waals surface area (Å²) in [7, 11) is 0. The maximum absolute atomic E-state index is 11.8. The third-order valence-corrected chi connectivity index (χ3v) is 3.16. The van der Waals surface area contributed by atoms with Gasteiger partial charge in [-0.15, -0.1) is 0 Å². The number of ether oxygens (including phenoxy) is 5. The average molecular weight is 592 g/mol. The van der Waals surface area contributed by atoms with E-state index < -0.39 is 87.2 Å². The SMILES string of the molecule is O=C(N[N+](=O)[O-])OC[C@H](OC(=O)N[N+](=O)[O-])C(OC(=O)N[N+](=O)[O-])[C@@H](COC(=O)N[N+](=O)[O-])OC(=O)N[N+](=O)[O-]. The summed E-state index contributed by atoms with van der Waals surface area (Å²) in [5.74, 6) is 0. The molecule has 0 heterocycles. The first-order valence-corrected chi connectivity index (χ1v) is 9.00. The molecule has 0 spiro atoms. The Morgan fingerprint density at radius 3 is 1.00 bits per heavy atom. The summed E-state index contributed by atoms with van der Waals surface area (Å²) < 4.78 is 21.9. The molecule has 0 aliphatic rings. The molecule has 222 valence electrons. The van der Waals surface area contributed by atoms with Crippen LogP contribution < -0.4 is 27.1 Å². The molecule has 0 saturated heterocycles. The van der Waals surface area contributed by atoms with E-state index in [9.17, 15) is 74.5 Å². The van der Waals surface area contributed by atoms with E-state index in [4.69, 9.17) is 0 Å². The highest BCUT2D eigenvalue weighted by Crippen LogP contribution is 2.16. The van der Waals surface area contributed by atoms with Crippen LogP contribution in [0.4, 0.5) is 24.0 Å². The Balaban J connectivity index is 6.49. The lowest BCUT2D eigenvalue weighted by molar-refractivity contribution is -0.532. The standard InChI is InChI=1S/C10H12N10O20/c21-6(11-16(26)27)36-1-3(38-8(23)13-18(30)31)5(40-10(25)15-20(34)35)4(39-9(24)14-19(32)33)2-37-7(22)12-17(28)29/h3-5H,1-2H2,(H,11,21)(H,12,22)(H,13,23)(H,14,24)(H,15,25)/t3-,4+,5?. The lowest BCUT2D eigenvalue weighted by Crippen LogP contribution is -2.53. The number of hydrogen-bond acceptors (Lipinski definition) is 20. The van der Waals surface area contributed by atoms with Gasteiger partial charge in [0.15, 0.2) is 43.5 Å². The number of carbonyl (C=O) groups excluding carboxylic acids is 5. The number of hydrogen-bond donors (Lipinski definition) is 5. The molecule has 0 bridgehead atoms. The highest BCUT2D eigenvalue weighted by Gasteiger charge is 2.42. The fraction of sp³-hybridized carbons (Fsp3) is 0.500. The van der Waals surface area contributed by atoms with E-state index in [0.717, 1.165) is 27.1 Å². The van der Waals surface area contributed by atoms with Crippen LogP contribution in [-0.4, -0.2) is 87.2 Å². The van der Waals surface area contributed by atoms with Crippen LogP contribution in [-0.2, 0) is 23.7 Å². The van der Waals surface area contributed by atoms with Crippen LogP contribution in [0.1, 0.15) is 0 Å². The molecule has 0 fully saturated rings. The molecule has 0 aliphatic carbocycles. The Bertz CT molecular complexity index is 981. The van der Waals surface area contributed by atoms with Gasteiger partial charge in [-0.1, -0.05) is 0 Å². The van der Waals surface area contributed by atoms with E-state index in [1.54, 1.807) is 0 Å². The molecule has 5 N–H and O–H groups in total. The molecule has 5 amide bonds. The molecule has 0 rings (SSSR count). The first-order chi connectivity index (χ1) is 18.5. The first-order valence-electron chi connectivity index (χ1n) is 9.00. The fourth-order valence-corrected chi connectivity index (χ4v) is 2.01. The van der Waals surface area contributed by atoms with Crippen LogP contribution in [0, 0.1) is 50.6 Å². The summed E-state index contributed by atoms with van der Waals surface area (Å²) in [5, 5.41) is 44.6. The van der Waals surface area contributed by atoms with Gasteiger partial charge in [-0.05, 0) is 27.1 Å². The second-order valence-electron chi connectivity index (χ2n) is 5.80. The zero-order valence-corrected chi connectivity index (χ0v) is 18.5. The first kappa shape index (κ1) is 33.3. The van der Waals surface area contributed by atoms with Gasteiger partial charge in [-0.3, -0.25) is 0 Å². The highest BCUT2D eigenvalue weighted by molar-refractivity contribution is 5.69. The van der Waals surface area contributed by atoms with Crippen LogP contribution in [0.2, 0.25) is 0 Å². The lowest BCUT2D eigenvalue weighted by Gasteiger charge is -2.30. The Morgan fingerprint density at radius 1 is 0.475 bits per heavy atom. The largest absolute Gasteiger partial charge is 0.466 e. The molecule has 0 radical (unpaired) electrons. The van der Waals surface area contributed by atoms with Crippen LogP contribution in [0.3, 0.4) is 0 Å². The van der Waals surface area contributed by atoms with Crippen molar-refractivity contribution < 1.29 is 72.8 Å². The number of nitrogens with zero attached hydrogens (tertiary/aromatic N) is 5. The minimum atomic E-state index is -2.68. The van der Waals surface area contributed by atoms with Crippen LogP contribution >= 0.6 is 0 Å². The number of nitrogens with one attached hydrogen (secondary N) is 5. The normalized spacial score (nSPS) is 11.9. The summed E-state index contributed by atoms with van der Waals surface area (Å²) in [6.45, 7) is -3.09. The van der Waals surface area contributed by atoms with Crippen molar-refractivity contribution >= 4 is 30.5 Å². The number of carbonyl (C=O) groups is 5. The molecule has 40 heavy (non-hydrogen) atoms. The molecular weight excluding hydrogens is 580 g/mol. The summed E-state index contributed by atoms with van der Waals surface area (Å²) in [6.07, 6.45) is -18.0. The molecule has 0 saturated carbocycles. The van der Waals surface area contributed by atoms with Crippen molar-refractivity contribution in [1.82, 2.24) is 27.1 Å². The predicted octanol–water partition coefficient (Wildman–Crippen LogP) is -3.32. The minimum Gasteiger partial charge on any atom is -0.442 e. The predicted molar refractivity (Wildman–Crippen MR) is 104 cm³/mol. The number of amides is 5. The smallest absolute Gasteiger partial charge is 0.442 e. The van der Waals surface area contributed by atoms with Gasteiger partial charge in [0.25, 0.3) is 0 Å². The molecule has 0 aromatic heterocycles. The van der Waals surface area contributed by atoms with Gasteiger partial charge in [0.1, 0.15) is 13.2 Å². The van der Waals surface area contributed by atoms with E-state index in [-0.39, 0.29) is 0 Å². The van der Waals surface area contributed by atoms with Crippen molar-refractivity contribution in [1.29, 1.82) is 0 Å². The Labute approximate surface area is 213 Å². The third-order valence-electron chi connectivity index (χ3n) is 3.16. The molecule has 3 atom stereocenters. The van der Waals surface area contributed by atoms with Gasteiger partial charge in [0.05, 0.1) is 0 Å². The molecular formula is C10H12N10O20. The van der Waals surface area contributed by atoms with Gasteiger partial charge in [0.2, 0.25) is 0 Å². The third kappa shape index (κ3) is 15.4. The second-order valence-corrected chi connectivity index (χ2v) is 5.80. The van der Waals surface area contributed by atoms with Gasteiger partial charge >= 0.3 is 30.5 Å². The lowest BCUT2D eigenvalue weighted by atomic mass is 10.1. The van der Waals surface area contributed by atoms with Crippen LogP contribution in [0.5, 0.6) is 0 Å². The molecule has 0 aromatic rings. The topological polar surface area (TPSA) is 407 Å². The van der Waals surface area contributed by atoms with Crippen molar-refractivity contribution in [3.05, 3.63) is 50.6 Å². The van der Waals surface area contributed by atoms with E-state index in [2.05, 4.69) is 23.7 Å². The Hall–Kier alpha value is -6.65. The summed E-state index contributed by atoms with van der Waals surface area (Å²) in [6, 6.07) is 0. The minimum absolute atomic E-state index is 0.850. The molecule has 0 aromatic carbocycles. The van der Waals surface area contributed by atoms with E-state index in [1.165, 1.54) is 0 Å². The van der Waals surface area contributed by atoms with E-state index in [1.807, 2.05) is 0 Å². The van der Waals surface area contributed by atoms with Crippen molar-refractivity contribution in [3.8, 4) is 0 Å². The molecule has 1 unspecified atom stereocenters. The molecule has 0 aliphatic heterocycles. The zero-order valence-electron chi connectivity index (χ0n) is 18.5. The summed E-state index contributed by atoms with van der Waals surface area (Å²) in [4.78, 5) is 110. The van der Waals surface area contributed by atoms with Crippen molar-refractivity contribution in [2.24, 2.45) is 0 Å². The maximum atomic E-state index is 11.8. The summed E-state index contributed by atoms with van der Waals surface area (Å²) in [5.41, 5.74) is 4.39. The van der Waals surface area contributed by atoms with Gasteiger partial charge in [-0.2, -0.15) is 0 Å². The van der Waals surface area contributed by atoms with Gasteiger partial charge in [0, 0.05) is 0 Å². The summed E-state index contributed by atoms with van der Waals surface area (Å²) >= 11 is 0. The average Bonchev–Trinajstić information content (AvgIpc) is 2.75. The maximum Gasteiger partial charge on any atom is 0.466 e. The van der Waals surface area contributed by atoms with Crippen molar-refractivity contribution in [2.75, 3.05) is 13.2 Å². The monoisotopic (exact) mass is 592 g/mol. The van der Waals surface area contributed by atoms with Crippen LogP contribution in [0.15, 0.2) is 0 Å². The van der Waals surface area contributed by atoms with Crippen LogP contribution in [0.25, 0.3) is 0 Å². The van der Waals surface area contributed by atoms with Crippen molar-refractivity contribution in [3.63, 3.8) is 0 Å². The Kier molecular flexibility index (Phi) is 13.5. The molecule has 30 heteroatoms. The fourth-order valence-electron chi connectivity index (χ4n) is 2.01. The molecule has 30 nitrogen and oxygen atoms in total. The van der Waals surface area contributed by atoms with E-state index >= 15 is 0 Å².